The highest BCUT2D eigenvalue weighted by atomic mass is 35.5. The van der Waals surface area contributed by atoms with E-state index in [0.29, 0.717) is 36.1 Å². The number of urea groups is 1. The fourth-order valence-electron chi connectivity index (χ4n) is 3.03. The van der Waals surface area contributed by atoms with E-state index in [0.717, 1.165) is 11.3 Å². The van der Waals surface area contributed by atoms with Crippen molar-refractivity contribution >= 4 is 23.3 Å². The highest BCUT2D eigenvalue weighted by Gasteiger charge is 2.17. The smallest absolute Gasteiger partial charge is 0.319 e. The molecule has 0 bridgehead atoms. The summed E-state index contributed by atoms with van der Waals surface area (Å²) in [5.74, 6) is 0.537. The normalized spacial score (nSPS) is 11.6. The van der Waals surface area contributed by atoms with E-state index in [2.05, 4.69) is 39.9 Å². The zero-order valence-corrected chi connectivity index (χ0v) is 18.4. The number of hydrogen-bond donors (Lipinski definition) is 2. The third-order valence-corrected chi connectivity index (χ3v) is 4.94. The number of halogens is 1. The van der Waals surface area contributed by atoms with Gasteiger partial charge < -0.3 is 20.1 Å². The maximum absolute atomic E-state index is 12.7. The number of benzene rings is 2. The predicted octanol–water partition coefficient (Wildman–Crippen LogP) is 5.17. The molecule has 1 aromatic heterocycles. The number of methoxy groups -OCH3 is 1. The number of ether oxygens (including phenoxy) is 2. The van der Waals surface area contributed by atoms with Gasteiger partial charge in [0, 0.05) is 19.0 Å². The minimum atomic E-state index is -0.341. The van der Waals surface area contributed by atoms with Gasteiger partial charge >= 0.3 is 6.03 Å². The number of carbonyl (C=O) groups is 1. The van der Waals surface area contributed by atoms with Crippen molar-refractivity contribution in [1.82, 2.24) is 10.3 Å². The monoisotopic (exact) mass is 439 g/mol. The lowest BCUT2D eigenvalue weighted by molar-refractivity contribution is 0.146. The summed E-state index contributed by atoms with van der Waals surface area (Å²) in [5, 5.41) is 6.26. The number of nitrogens with zero attached hydrogens (tertiary/aromatic N) is 1. The molecule has 1 unspecified atom stereocenters. The van der Waals surface area contributed by atoms with E-state index < -0.39 is 0 Å². The zero-order valence-electron chi connectivity index (χ0n) is 17.6. The van der Waals surface area contributed by atoms with Gasteiger partial charge in [0.1, 0.15) is 12.4 Å². The fourth-order valence-corrected chi connectivity index (χ4v) is 3.26. The Bertz CT molecular complexity index is 981. The summed E-state index contributed by atoms with van der Waals surface area (Å²) in [6.07, 6.45) is 2.34. The van der Waals surface area contributed by atoms with Crippen LogP contribution in [0.15, 0.2) is 66.9 Å². The Morgan fingerprint density at radius 3 is 2.58 bits per heavy atom. The minimum absolute atomic E-state index is 0.281. The Balaban J connectivity index is 1.67. The van der Waals surface area contributed by atoms with Crippen molar-refractivity contribution in [2.75, 3.05) is 25.6 Å². The van der Waals surface area contributed by atoms with E-state index in [1.165, 1.54) is 5.56 Å². The minimum Gasteiger partial charge on any atom is -0.490 e. The molecule has 31 heavy (non-hydrogen) atoms. The molecule has 1 atom stereocenters. The number of pyridine rings is 1. The molecule has 0 aliphatic rings. The van der Waals surface area contributed by atoms with E-state index >= 15 is 0 Å². The SMILES string of the molecule is COCCOc1ccc(NC(=O)NC(Cc2ccc(C)cc2)c2ccccn2)cc1Cl. The van der Waals surface area contributed by atoms with Crippen LogP contribution in [0.3, 0.4) is 0 Å². The van der Waals surface area contributed by atoms with Gasteiger partial charge in [0.2, 0.25) is 0 Å². The number of rotatable bonds is 9. The molecule has 3 aromatic rings. The molecule has 3 rings (SSSR count). The molecule has 0 saturated carbocycles. The molecular weight excluding hydrogens is 414 g/mol. The van der Waals surface area contributed by atoms with E-state index in [1.54, 1.807) is 31.5 Å². The third kappa shape index (κ3) is 6.98. The van der Waals surface area contributed by atoms with Gasteiger partial charge in [0.15, 0.2) is 0 Å². The van der Waals surface area contributed by atoms with Crippen molar-refractivity contribution < 1.29 is 14.3 Å². The maximum Gasteiger partial charge on any atom is 0.319 e. The molecule has 2 aromatic carbocycles. The van der Waals surface area contributed by atoms with Crippen molar-refractivity contribution in [1.29, 1.82) is 0 Å². The molecule has 1 heterocycles. The van der Waals surface area contributed by atoms with Gasteiger partial charge in [0.05, 0.1) is 23.4 Å². The molecule has 0 saturated heterocycles. The lowest BCUT2D eigenvalue weighted by Gasteiger charge is -2.19. The van der Waals surface area contributed by atoms with E-state index in [9.17, 15) is 4.79 Å². The average Bonchev–Trinajstić information content (AvgIpc) is 2.77. The van der Waals surface area contributed by atoms with Gasteiger partial charge in [-0.1, -0.05) is 47.5 Å². The van der Waals surface area contributed by atoms with Crippen LogP contribution in [0.4, 0.5) is 10.5 Å². The quantitative estimate of drug-likeness (QED) is 0.451. The fraction of sp³-hybridized carbons (Fsp3) is 0.250. The Hall–Kier alpha value is -3.09. The summed E-state index contributed by atoms with van der Waals surface area (Å²) in [6, 6.07) is 18.4. The summed E-state index contributed by atoms with van der Waals surface area (Å²) >= 11 is 6.27. The Labute approximate surface area is 187 Å². The van der Waals surface area contributed by atoms with Crippen molar-refractivity contribution in [3.8, 4) is 5.75 Å². The summed E-state index contributed by atoms with van der Waals surface area (Å²) in [4.78, 5) is 17.1. The van der Waals surface area contributed by atoms with Crippen LogP contribution in [-0.4, -0.2) is 31.3 Å². The number of nitrogens with one attached hydrogen (secondary N) is 2. The lowest BCUT2D eigenvalue weighted by Crippen LogP contribution is -2.34. The van der Waals surface area contributed by atoms with Crippen LogP contribution < -0.4 is 15.4 Å². The molecular formula is C24H26ClN3O3. The van der Waals surface area contributed by atoms with Crippen molar-refractivity contribution in [2.45, 2.75) is 19.4 Å². The number of hydrogen-bond acceptors (Lipinski definition) is 4. The molecule has 0 radical (unpaired) electrons. The molecule has 6 nitrogen and oxygen atoms in total. The van der Waals surface area contributed by atoms with Crippen molar-refractivity contribution in [3.05, 3.63) is 88.7 Å². The van der Waals surface area contributed by atoms with Gasteiger partial charge in [-0.3, -0.25) is 4.98 Å². The molecule has 2 N–H and O–H groups in total. The third-order valence-electron chi connectivity index (χ3n) is 4.65. The predicted molar refractivity (Wildman–Crippen MR) is 123 cm³/mol. The Morgan fingerprint density at radius 2 is 1.90 bits per heavy atom. The van der Waals surface area contributed by atoms with Gasteiger partial charge in [0.25, 0.3) is 0 Å². The van der Waals surface area contributed by atoms with Crippen molar-refractivity contribution in [2.24, 2.45) is 0 Å². The number of aryl methyl sites for hydroxylation is 1. The first-order chi connectivity index (χ1) is 15.0. The van der Waals surface area contributed by atoms with E-state index in [-0.39, 0.29) is 12.1 Å². The van der Waals surface area contributed by atoms with Crippen LogP contribution in [0.25, 0.3) is 0 Å². The van der Waals surface area contributed by atoms with Crippen LogP contribution in [0.5, 0.6) is 5.75 Å². The standard InChI is InChI=1S/C24H26ClN3O3/c1-17-6-8-18(9-7-17)15-22(21-5-3-4-12-26-21)28-24(29)27-19-10-11-23(20(25)16-19)31-14-13-30-2/h3-12,16,22H,13-15H2,1-2H3,(H2,27,28,29). The molecule has 2 amide bonds. The largest absolute Gasteiger partial charge is 0.490 e. The number of amides is 2. The average molecular weight is 440 g/mol. The zero-order chi connectivity index (χ0) is 22.1. The van der Waals surface area contributed by atoms with Crippen molar-refractivity contribution in [3.63, 3.8) is 0 Å². The lowest BCUT2D eigenvalue weighted by atomic mass is 10.0. The number of carbonyl (C=O) groups excluding carboxylic acids is 1. The highest BCUT2D eigenvalue weighted by Crippen LogP contribution is 2.28. The highest BCUT2D eigenvalue weighted by molar-refractivity contribution is 6.32. The van der Waals surface area contributed by atoms with Gasteiger partial charge in [-0.05, 0) is 49.2 Å². The first-order valence-corrected chi connectivity index (χ1v) is 10.4. The summed E-state index contributed by atoms with van der Waals surface area (Å²) in [7, 11) is 1.60. The number of aromatic nitrogens is 1. The van der Waals surface area contributed by atoms with Gasteiger partial charge in [-0.25, -0.2) is 4.79 Å². The Morgan fingerprint density at radius 1 is 1.10 bits per heavy atom. The second kappa shape index (κ2) is 11.3. The summed E-state index contributed by atoms with van der Waals surface area (Å²) in [5.41, 5.74) is 3.66. The molecule has 0 spiro atoms. The van der Waals surface area contributed by atoms with E-state index in [4.69, 9.17) is 21.1 Å². The Kier molecular flexibility index (Phi) is 8.27. The second-order valence-electron chi connectivity index (χ2n) is 7.08. The van der Waals surface area contributed by atoms with E-state index in [1.807, 2.05) is 25.1 Å². The first-order valence-electron chi connectivity index (χ1n) is 10.0. The molecule has 0 aliphatic carbocycles. The van der Waals surface area contributed by atoms with Crippen LogP contribution in [-0.2, 0) is 11.2 Å². The second-order valence-corrected chi connectivity index (χ2v) is 7.49. The first kappa shape index (κ1) is 22.6. The van der Waals surface area contributed by atoms with Gasteiger partial charge in [-0.2, -0.15) is 0 Å². The number of anilines is 1. The molecule has 162 valence electrons. The summed E-state index contributed by atoms with van der Waals surface area (Å²) in [6.45, 7) is 2.91. The van der Waals surface area contributed by atoms with Gasteiger partial charge in [-0.15, -0.1) is 0 Å². The maximum atomic E-state index is 12.7. The summed E-state index contributed by atoms with van der Waals surface area (Å²) < 4.78 is 10.5. The van der Waals surface area contributed by atoms with Crippen LogP contribution >= 0.6 is 11.6 Å². The van der Waals surface area contributed by atoms with Crippen LogP contribution in [0.2, 0.25) is 5.02 Å². The van der Waals surface area contributed by atoms with Crippen LogP contribution in [0.1, 0.15) is 22.9 Å². The topological polar surface area (TPSA) is 72.5 Å². The van der Waals surface area contributed by atoms with Crippen LogP contribution in [0, 0.1) is 6.92 Å². The molecule has 0 aliphatic heterocycles. The molecule has 7 heteroatoms. The molecule has 0 fully saturated rings.